The van der Waals surface area contributed by atoms with Crippen LogP contribution in [0.1, 0.15) is 42.0 Å². The van der Waals surface area contributed by atoms with Crippen LogP contribution >= 0.6 is 0 Å². The third-order valence-electron chi connectivity index (χ3n) is 6.04. The second-order valence-electron chi connectivity index (χ2n) is 8.49. The average Bonchev–Trinajstić information content (AvgIpc) is 3.14. The van der Waals surface area contributed by atoms with Crippen LogP contribution in [0.15, 0.2) is 72.8 Å². The molecule has 0 radical (unpaired) electrons. The number of rotatable bonds is 5. The zero-order chi connectivity index (χ0) is 23.4. The van der Waals surface area contributed by atoms with Crippen LogP contribution in [0, 0.1) is 11.8 Å². The lowest BCUT2D eigenvalue weighted by molar-refractivity contribution is -0.142. The van der Waals surface area contributed by atoms with Gasteiger partial charge >= 0.3 is 12.1 Å². The van der Waals surface area contributed by atoms with Crippen LogP contribution in [0.5, 0.6) is 0 Å². The van der Waals surface area contributed by atoms with Crippen LogP contribution in [-0.2, 0) is 14.9 Å². The SMILES string of the molecule is CC(C)(C(=O)O)c1ccc(C#CCNC(=O)OCC2c3ccccc3-c3ccccc32)cc1. The molecule has 3 aromatic rings. The van der Waals surface area contributed by atoms with Gasteiger partial charge in [-0.3, -0.25) is 4.79 Å². The molecule has 0 fully saturated rings. The molecule has 0 aromatic heterocycles. The van der Waals surface area contributed by atoms with Gasteiger partial charge in [0.15, 0.2) is 0 Å². The highest BCUT2D eigenvalue weighted by Crippen LogP contribution is 2.44. The minimum absolute atomic E-state index is 0.0165. The van der Waals surface area contributed by atoms with Crippen LogP contribution < -0.4 is 5.32 Å². The largest absolute Gasteiger partial charge is 0.481 e. The molecular formula is C28H25NO4. The predicted octanol–water partition coefficient (Wildman–Crippen LogP) is 4.94. The molecule has 5 heteroatoms. The molecule has 33 heavy (non-hydrogen) atoms. The molecule has 4 rings (SSSR count). The van der Waals surface area contributed by atoms with Gasteiger partial charge in [0.25, 0.3) is 0 Å². The van der Waals surface area contributed by atoms with Gasteiger partial charge in [0.1, 0.15) is 6.61 Å². The highest BCUT2D eigenvalue weighted by Gasteiger charge is 2.29. The summed E-state index contributed by atoms with van der Waals surface area (Å²) in [7, 11) is 0. The normalized spacial score (nSPS) is 12.2. The van der Waals surface area contributed by atoms with Gasteiger partial charge in [0, 0.05) is 11.5 Å². The van der Waals surface area contributed by atoms with E-state index in [1.54, 1.807) is 38.1 Å². The lowest BCUT2D eigenvalue weighted by Crippen LogP contribution is -2.28. The number of carbonyl (C=O) groups excluding carboxylic acids is 1. The molecule has 0 aliphatic heterocycles. The smallest absolute Gasteiger partial charge is 0.407 e. The summed E-state index contributed by atoms with van der Waals surface area (Å²) in [4.78, 5) is 23.6. The number of carboxylic acid groups (broad SMARTS) is 1. The average molecular weight is 440 g/mol. The first kappa shape index (κ1) is 22.2. The van der Waals surface area contributed by atoms with Crippen molar-refractivity contribution in [3.05, 3.63) is 95.1 Å². The molecule has 2 N–H and O–H groups in total. The number of aliphatic carboxylic acids is 1. The summed E-state index contributed by atoms with van der Waals surface area (Å²) in [5, 5.41) is 12.0. The first-order valence-electron chi connectivity index (χ1n) is 10.8. The maximum atomic E-state index is 12.2. The van der Waals surface area contributed by atoms with E-state index in [0.29, 0.717) is 5.56 Å². The number of ether oxygens (including phenoxy) is 1. The van der Waals surface area contributed by atoms with Gasteiger partial charge in [-0.1, -0.05) is 72.5 Å². The van der Waals surface area contributed by atoms with E-state index in [9.17, 15) is 14.7 Å². The van der Waals surface area contributed by atoms with E-state index in [4.69, 9.17) is 4.74 Å². The van der Waals surface area contributed by atoms with E-state index >= 15 is 0 Å². The van der Waals surface area contributed by atoms with Crippen LogP contribution in [0.25, 0.3) is 11.1 Å². The molecule has 5 nitrogen and oxygen atoms in total. The van der Waals surface area contributed by atoms with Crippen LogP contribution in [-0.4, -0.2) is 30.3 Å². The fraction of sp³-hybridized carbons (Fsp3) is 0.214. The topological polar surface area (TPSA) is 75.6 Å². The second-order valence-corrected chi connectivity index (χ2v) is 8.49. The number of carbonyl (C=O) groups is 2. The number of hydrogen-bond acceptors (Lipinski definition) is 3. The second kappa shape index (κ2) is 9.22. The Bertz CT molecular complexity index is 1200. The number of nitrogens with one attached hydrogen (secondary N) is 1. The number of alkyl carbamates (subject to hydrolysis) is 1. The van der Waals surface area contributed by atoms with E-state index in [-0.39, 0.29) is 19.1 Å². The number of fused-ring (bicyclic) bond motifs is 3. The minimum Gasteiger partial charge on any atom is -0.481 e. The first-order valence-corrected chi connectivity index (χ1v) is 10.8. The molecule has 0 heterocycles. The molecule has 1 aliphatic carbocycles. The van der Waals surface area contributed by atoms with E-state index in [2.05, 4.69) is 41.4 Å². The van der Waals surface area contributed by atoms with Crippen molar-refractivity contribution in [3.63, 3.8) is 0 Å². The Balaban J connectivity index is 1.31. The molecule has 0 spiro atoms. The fourth-order valence-electron chi connectivity index (χ4n) is 4.01. The monoisotopic (exact) mass is 439 g/mol. The van der Waals surface area contributed by atoms with Crippen LogP contribution in [0.2, 0.25) is 0 Å². The molecular weight excluding hydrogens is 414 g/mol. The Morgan fingerprint density at radius 1 is 0.939 bits per heavy atom. The van der Waals surface area contributed by atoms with Gasteiger partial charge in [0.2, 0.25) is 0 Å². The van der Waals surface area contributed by atoms with Crippen molar-refractivity contribution in [1.82, 2.24) is 5.32 Å². The van der Waals surface area contributed by atoms with Crippen molar-refractivity contribution in [2.45, 2.75) is 25.2 Å². The Labute approximate surface area is 193 Å². The summed E-state index contributed by atoms with van der Waals surface area (Å²) in [6, 6.07) is 23.5. The van der Waals surface area contributed by atoms with Crippen LogP contribution in [0.3, 0.4) is 0 Å². The molecule has 0 atom stereocenters. The minimum atomic E-state index is -0.961. The Morgan fingerprint density at radius 2 is 1.52 bits per heavy atom. The van der Waals surface area contributed by atoms with Crippen molar-refractivity contribution in [2.24, 2.45) is 0 Å². The van der Waals surface area contributed by atoms with Gasteiger partial charge in [-0.25, -0.2) is 4.79 Å². The highest BCUT2D eigenvalue weighted by molar-refractivity contribution is 5.80. The molecule has 1 amide bonds. The van der Waals surface area contributed by atoms with Gasteiger partial charge in [-0.15, -0.1) is 0 Å². The quantitative estimate of drug-likeness (QED) is 0.552. The maximum Gasteiger partial charge on any atom is 0.407 e. The summed E-state index contributed by atoms with van der Waals surface area (Å²) in [6.45, 7) is 3.73. The maximum absolute atomic E-state index is 12.2. The third-order valence-corrected chi connectivity index (χ3v) is 6.04. The van der Waals surface area contributed by atoms with Gasteiger partial charge in [0.05, 0.1) is 12.0 Å². The predicted molar refractivity (Wildman–Crippen MR) is 127 cm³/mol. The lowest BCUT2D eigenvalue weighted by Gasteiger charge is -2.19. The van der Waals surface area contributed by atoms with Crippen molar-refractivity contribution < 1.29 is 19.4 Å². The van der Waals surface area contributed by atoms with Crippen molar-refractivity contribution >= 4 is 12.1 Å². The number of benzene rings is 3. The molecule has 0 unspecified atom stereocenters. The standard InChI is InChI=1S/C28H25NO4/c1-28(2,26(30)31)20-15-13-19(14-16-20)8-7-17-29-27(32)33-18-25-23-11-5-3-9-21(23)22-10-4-6-12-24(22)25/h3-6,9-16,25H,17-18H2,1-2H3,(H,29,32)(H,30,31). The Hall–Kier alpha value is -4.04. The fourth-order valence-corrected chi connectivity index (χ4v) is 4.01. The van der Waals surface area contributed by atoms with E-state index < -0.39 is 17.5 Å². The van der Waals surface area contributed by atoms with Crippen molar-refractivity contribution in [3.8, 4) is 23.0 Å². The molecule has 166 valence electrons. The zero-order valence-electron chi connectivity index (χ0n) is 18.6. The third kappa shape index (κ3) is 4.61. The van der Waals surface area contributed by atoms with Gasteiger partial charge in [-0.05, 0) is 53.8 Å². The number of hydrogen-bond donors (Lipinski definition) is 2. The van der Waals surface area contributed by atoms with E-state index in [0.717, 1.165) is 5.56 Å². The first-order chi connectivity index (χ1) is 15.9. The molecule has 0 saturated heterocycles. The Morgan fingerprint density at radius 3 is 2.09 bits per heavy atom. The molecule has 0 saturated carbocycles. The molecule has 3 aromatic carbocycles. The summed E-state index contributed by atoms with van der Waals surface area (Å²) in [5.41, 5.74) is 5.20. The molecule has 0 bridgehead atoms. The van der Waals surface area contributed by atoms with E-state index in [1.807, 2.05) is 24.3 Å². The highest BCUT2D eigenvalue weighted by atomic mass is 16.5. The molecule has 1 aliphatic rings. The zero-order valence-corrected chi connectivity index (χ0v) is 18.6. The van der Waals surface area contributed by atoms with E-state index in [1.165, 1.54) is 22.3 Å². The van der Waals surface area contributed by atoms with Crippen molar-refractivity contribution in [2.75, 3.05) is 13.2 Å². The number of amides is 1. The summed E-state index contributed by atoms with van der Waals surface area (Å²) >= 11 is 0. The van der Waals surface area contributed by atoms with Crippen molar-refractivity contribution in [1.29, 1.82) is 0 Å². The van der Waals surface area contributed by atoms with Gasteiger partial charge in [-0.2, -0.15) is 0 Å². The van der Waals surface area contributed by atoms with Gasteiger partial charge < -0.3 is 15.2 Å². The summed E-state index contributed by atoms with van der Waals surface area (Å²) < 4.78 is 5.49. The summed E-state index contributed by atoms with van der Waals surface area (Å²) in [6.07, 6.45) is -0.510. The number of carboxylic acids is 1. The summed E-state index contributed by atoms with van der Waals surface area (Å²) in [5.74, 6) is 4.99. The Kier molecular flexibility index (Phi) is 6.19. The van der Waals surface area contributed by atoms with Crippen LogP contribution in [0.4, 0.5) is 4.79 Å². The lowest BCUT2D eigenvalue weighted by atomic mass is 9.84.